The molecule has 6 rings (SSSR count). The molecule has 53 heavy (non-hydrogen) atoms. The number of ether oxygens (including phenoxy) is 1. The highest BCUT2D eigenvalue weighted by molar-refractivity contribution is 7.98. The smallest absolute Gasteiger partial charge is 0.383 e. The molecule has 12 heteroatoms. The third-order valence-corrected chi connectivity index (χ3v) is 7.99. The molecule has 0 spiro atoms. The molecule has 0 saturated carbocycles. The summed E-state index contributed by atoms with van der Waals surface area (Å²) in [5.74, 6) is -7.14. The van der Waals surface area contributed by atoms with Crippen LogP contribution in [-0.4, -0.2) is 59.4 Å². The summed E-state index contributed by atoms with van der Waals surface area (Å²) in [5, 5.41) is -1.96. The van der Waals surface area contributed by atoms with Gasteiger partial charge in [0.25, 0.3) is 0 Å². The lowest BCUT2D eigenvalue weighted by Crippen LogP contribution is -2.48. The number of carbonyl (C=O) groups excluding carboxylic acids is 1. The fourth-order valence-corrected chi connectivity index (χ4v) is 5.43. The molecule has 2 heterocycles. The van der Waals surface area contributed by atoms with Gasteiger partial charge in [-0.25, -0.2) is 8.78 Å². The average molecular weight is 779 g/mol. The van der Waals surface area contributed by atoms with Crippen LogP contribution in [0.4, 0.5) is 22.0 Å². The van der Waals surface area contributed by atoms with E-state index in [9.17, 15) is 29.2 Å². The van der Waals surface area contributed by atoms with Gasteiger partial charge in [-0.2, -0.15) is 13.2 Å². The van der Waals surface area contributed by atoms with Crippen molar-refractivity contribution in [2.75, 3.05) is 33.1 Å². The molecule has 1 saturated heterocycles. The third kappa shape index (κ3) is 9.17. The van der Waals surface area contributed by atoms with Crippen LogP contribution in [0.1, 0.15) is 74.8 Å². The van der Waals surface area contributed by atoms with Crippen LogP contribution in [0.15, 0.2) is 100 Å². The van der Waals surface area contributed by atoms with Gasteiger partial charge in [0.15, 0.2) is 17.1 Å². The van der Waals surface area contributed by atoms with Crippen molar-refractivity contribution in [3.8, 4) is 11.1 Å². The van der Waals surface area contributed by atoms with Gasteiger partial charge in [0.05, 0.1) is 48.8 Å². The standard InChI is InChI=1S/C41H40F5N3O3S/c1-27-6-15-36-34(22-27)37(50)23-39(53-26-31-4-3-5-35(42)40(31)43)49(36)25-38(51)48(33-16-18-47(19-17-33)20-21-52-2)24-28-7-9-29(10-8-28)30-11-13-32(14-12-30)41(44,45)46/h3-15,22-23,33H,16-21,24-26H2,1-2H3/i2D3,3D,4D,5D,6D,7D,8D,9D,10D,11D,12D,13D,14D,15D,16D2,17D2,18D2,19D2,20D2,22D,23D,33D. The summed E-state index contributed by atoms with van der Waals surface area (Å²) in [4.78, 5) is 28.4. The predicted molar refractivity (Wildman–Crippen MR) is 198 cm³/mol. The van der Waals surface area contributed by atoms with Crippen molar-refractivity contribution in [3.05, 3.63) is 135 Å². The number of benzene rings is 4. The number of rotatable bonds is 12. The number of piperidine rings is 1. The summed E-state index contributed by atoms with van der Waals surface area (Å²) < 4.78 is 327. The Kier molecular flexibility index (Phi) is 5.05. The molecule has 4 aromatic carbocycles. The summed E-state index contributed by atoms with van der Waals surface area (Å²) in [5.41, 5.74) is -9.92. The molecular weight excluding hydrogens is 710 g/mol. The predicted octanol–water partition coefficient (Wildman–Crippen LogP) is 8.71. The van der Waals surface area contributed by atoms with Crippen LogP contribution in [0.2, 0.25) is 0 Å². The van der Waals surface area contributed by atoms with Gasteiger partial charge in [0.1, 0.15) is 6.54 Å². The van der Waals surface area contributed by atoms with Crippen LogP contribution >= 0.6 is 11.8 Å². The molecule has 1 aromatic heterocycles. The summed E-state index contributed by atoms with van der Waals surface area (Å²) >= 11 is 0.0305. The second-order valence-corrected chi connectivity index (χ2v) is 11.5. The van der Waals surface area contributed by atoms with Crippen molar-refractivity contribution in [2.45, 2.75) is 55.7 Å². The maximum Gasteiger partial charge on any atom is 0.416 e. The monoisotopic (exact) mass is 778 g/mol. The molecule has 0 atom stereocenters. The second kappa shape index (κ2) is 16.7. The number of carbonyl (C=O) groups is 1. The molecule has 0 bridgehead atoms. The minimum atomic E-state index is -5.54. The SMILES string of the molecule is [2H]c1c([2H])c(F)c(F)c(CSc2c([2H])c(=O)c3c([2H])c(C)c([2H])c([2H])c3n2CC(=O)N(Cc2c([2H])c([2H])c(-c3c([2H])c([2H])c(C(F)(F)F)c([2H])c3[2H])c([2H])c2[2H])C2([2H])C([2H])([2H])C([2H])([2H])N(C([2H])([2H])COC([2H])([2H])[2H])C([2H])([2H])C2([2H])[2H])c1[2H]. The van der Waals surface area contributed by atoms with E-state index in [4.69, 9.17) is 32.9 Å². The molecule has 1 fully saturated rings. The summed E-state index contributed by atoms with van der Waals surface area (Å²) in [6.07, 6.45) is -15.0. The molecule has 0 radical (unpaired) electrons. The van der Waals surface area contributed by atoms with Crippen molar-refractivity contribution in [1.82, 2.24) is 14.4 Å². The summed E-state index contributed by atoms with van der Waals surface area (Å²) in [7, 11) is -3.54. The van der Waals surface area contributed by atoms with Crippen molar-refractivity contribution in [1.29, 1.82) is 0 Å². The van der Waals surface area contributed by atoms with Crippen molar-refractivity contribution < 1.29 is 71.2 Å². The zero-order valence-electron chi connectivity index (χ0n) is 55.7. The van der Waals surface area contributed by atoms with E-state index in [0.717, 1.165) is 6.92 Å². The Morgan fingerprint density at radius 2 is 1.74 bits per heavy atom. The highest BCUT2D eigenvalue weighted by Crippen LogP contribution is 2.32. The van der Waals surface area contributed by atoms with E-state index in [-0.39, 0.29) is 11.8 Å². The number of halogens is 5. The zero-order chi connectivity index (χ0) is 63.1. The number of aromatic nitrogens is 1. The minimum Gasteiger partial charge on any atom is -0.383 e. The van der Waals surface area contributed by atoms with E-state index >= 15 is 9.18 Å². The van der Waals surface area contributed by atoms with Gasteiger partial charge in [-0.15, -0.1) is 11.8 Å². The molecule has 0 N–H and O–H groups in total. The van der Waals surface area contributed by atoms with E-state index in [2.05, 4.69) is 4.74 Å². The minimum absolute atomic E-state index is 0.0305. The fraction of sp³-hybridized carbons (Fsp3) is 0.317. The third-order valence-electron chi connectivity index (χ3n) is 6.96. The highest BCUT2D eigenvalue weighted by Gasteiger charge is 2.31. The lowest BCUT2D eigenvalue weighted by atomic mass is 10.00. The Morgan fingerprint density at radius 3 is 2.42 bits per heavy atom. The van der Waals surface area contributed by atoms with E-state index in [1.54, 1.807) is 0 Å². The molecule has 1 aliphatic rings. The van der Waals surface area contributed by atoms with Crippen molar-refractivity contribution >= 4 is 28.6 Å². The molecule has 0 unspecified atom stereocenters. The number of hydrogen-bond acceptors (Lipinski definition) is 5. The van der Waals surface area contributed by atoms with Gasteiger partial charge in [0, 0.05) is 75.5 Å². The Bertz CT molecular complexity index is 3480. The van der Waals surface area contributed by atoms with Crippen LogP contribution in [-0.2, 0) is 34.6 Å². The number of likely N-dealkylation sites (tertiary alicyclic amines) is 1. The number of methoxy groups -OCH3 is 1. The number of thioether (sulfide) groups is 1. The van der Waals surface area contributed by atoms with Gasteiger partial charge in [0.2, 0.25) is 5.91 Å². The number of amides is 1. The Balaban J connectivity index is 1.74. The molecule has 278 valence electrons. The van der Waals surface area contributed by atoms with Gasteiger partial charge in [-0.3, -0.25) is 9.59 Å². The van der Waals surface area contributed by atoms with Gasteiger partial charge in [-0.05, 0) is 66.6 Å². The summed E-state index contributed by atoms with van der Waals surface area (Å²) in [6, 6.07) is -25.3. The van der Waals surface area contributed by atoms with E-state index < -0.39 is 250 Å². The average Bonchev–Trinajstić information content (AvgIpc) is 1.22. The van der Waals surface area contributed by atoms with Crippen molar-refractivity contribution in [3.63, 3.8) is 0 Å². The number of nitrogens with zero attached hydrogens (tertiary/aromatic N) is 3. The van der Waals surface area contributed by atoms with Crippen LogP contribution in [0, 0.1) is 18.6 Å². The van der Waals surface area contributed by atoms with Crippen LogP contribution < -0.4 is 5.43 Å². The van der Waals surface area contributed by atoms with Gasteiger partial charge >= 0.3 is 6.18 Å². The maximum absolute atomic E-state index is 15.7. The Labute approximate surface area is 349 Å². The Hall–Kier alpha value is -4.52. The summed E-state index contributed by atoms with van der Waals surface area (Å²) in [6.45, 7) is -17.8. The topological polar surface area (TPSA) is 54.8 Å². The number of alkyl halides is 3. The first-order valence-electron chi connectivity index (χ1n) is 29.2. The normalized spacial score (nSPS) is 26.9. The van der Waals surface area contributed by atoms with E-state index in [1.807, 2.05) is 0 Å². The van der Waals surface area contributed by atoms with Crippen molar-refractivity contribution in [2.24, 2.45) is 0 Å². The highest BCUT2D eigenvalue weighted by atomic mass is 32.2. The molecule has 6 nitrogen and oxygen atoms in total. The van der Waals surface area contributed by atoms with Crippen LogP contribution in [0.5, 0.6) is 0 Å². The lowest BCUT2D eigenvalue weighted by molar-refractivity contribution is -0.137. The number of pyridine rings is 1. The zero-order valence-corrected chi connectivity index (χ0v) is 27.5. The molecule has 1 amide bonds. The molecule has 1 aliphatic heterocycles. The largest absolute Gasteiger partial charge is 0.416 e. The van der Waals surface area contributed by atoms with Crippen LogP contribution in [0.3, 0.4) is 0 Å². The maximum atomic E-state index is 15.7. The number of hydrogen-bond donors (Lipinski definition) is 0. The van der Waals surface area contributed by atoms with Crippen LogP contribution in [0.25, 0.3) is 22.0 Å². The molecule has 5 aromatic rings. The second-order valence-electron chi connectivity index (χ2n) is 10.5. The first kappa shape index (κ1) is 16.1. The molecule has 0 aliphatic carbocycles. The van der Waals surface area contributed by atoms with Gasteiger partial charge < -0.3 is 19.1 Å². The first-order chi connectivity index (χ1) is 37.0. The number of fused-ring (bicyclic) bond motifs is 1. The fourth-order valence-electron chi connectivity index (χ4n) is 4.48. The first-order valence-corrected chi connectivity index (χ1v) is 15.7. The van der Waals surface area contributed by atoms with E-state index in [0.29, 0.717) is 4.57 Å². The Morgan fingerprint density at radius 1 is 1.04 bits per heavy atom. The van der Waals surface area contributed by atoms with E-state index in [1.165, 1.54) is 0 Å². The molecular formula is C41H40F5N3O3S. The lowest BCUT2D eigenvalue weighted by Gasteiger charge is -2.39. The van der Waals surface area contributed by atoms with Gasteiger partial charge in [-0.1, -0.05) is 59.9 Å². The quantitative estimate of drug-likeness (QED) is 0.0938.